The average Bonchev–Trinajstić information content (AvgIpc) is 2.81. The summed E-state index contributed by atoms with van der Waals surface area (Å²) in [6, 6.07) is 0. The maximum absolute atomic E-state index is 11.7. The Labute approximate surface area is 112 Å². The summed E-state index contributed by atoms with van der Waals surface area (Å²) in [7, 11) is 0. The molecule has 0 aromatic rings. The Hall–Kier alpha value is -1.56. The molecule has 6 nitrogen and oxygen atoms in total. The first-order valence-electron chi connectivity index (χ1n) is 6.49. The van der Waals surface area contributed by atoms with Crippen molar-refractivity contribution in [2.24, 2.45) is 0 Å². The van der Waals surface area contributed by atoms with Gasteiger partial charge in [-0.15, -0.1) is 0 Å². The van der Waals surface area contributed by atoms with E-state index in [0.29, 0.717) is 32.4 Å². The predicted molar refractivity (Wildman–Crippen MR) is 66.8 cm³/mol. The average molecular weight is 269 g/mol. The topological polar surface area (TPSA) is 76.1 Å². The zero-order chi connectivity index (χ0) is 13.9. The fourth-order valence-electron chi connectivity index (χ4n) is 2.67. The number of likely N-dealkylation sites (tertiary alicyclic amines) is 1. The molecule has 0 saturated carbocycles. The van der Waals surface area contributed by atoms with E-state index in [4.69, 9.17) is 14.6 Å². The van der Waals surface area contributed by atoms with Gasteiger partial charge in [0.15, 0.2) is 6.10 Å². The summed E-state index contributed by atoms with van der Waals surface area (Å²) in [6.07, 6.45) is 3.12. The van der Waals surface area contributed by atoms with E-state index in [0.717, 1.165) is 6.42 Å². The normalized spacial score (nSPS) is 25.3. The van der Waals surface area contributed by atoms with Gasteiger partial charge in [0.25, 0.3) is 0 Å². The third-order valence-corrected chi connectivity index (χ3v) is 3.79. The van der Waals surface area contributed by atoms with Crippen molar-refractivity contribution in [3.63, 3.8) is 0 Å². The number of ether oxygens (including phenoxy) is 2. The summed E-state index contributed by atoms with van der Waals surface area (Å²) < 4.78 is 10.6. The van der Waals surface area contributed by atoms with Gasteiger partial charge < -0.3 is 19.5 Å². The van der Waals surface area contributed by atoms with Crippen LogP contribution in [0.4, 0.5) is 4.79 Å². The molecule has 1 amide bonds. The van der Waals surface area contributed by atoms with Gasteiger partial charge >= 0.3 is 12.1 Å². The van der Waals surface area contributed by atoms with Gasteiger partial charge in [-0.05, 0) is 25.7 Å². The van der Waals surface area contributed by atoms with Gasteiger partial charge in [0.2, 0.25) is 0 Å². The lowest BCUT2D eigenvalue weighted by atomic mass is 9.89. The van der Waals surface area contributed by atoms with E-state index in [1.165, 1.54) is 6.08 Å². The van der Waals surface area contributed by atoms with Crippen molar-refractivity contribution in [3.05, 3.63) is 12.7 Å². The van der Waals surface area contributed by atoms with Gasteiger partial charge in [-0.2, -0.15) is 0 Å². The van der Waals surface area contributed by atoms with Crippen LogP contribution in [-0.2, 0) is 14.3 Å². The lowest BCUT2D eigenvalue weighted by Gasteiger charge is -2.38. The highest BCUT2D eigenvalue weighted by molar-refractivity contribution is 5.72. The zero-order valence-corrected chi connectivity index (χ0v) is 10.8. The van der Waals surface area contributed by atoms with Crippen molar-refractivity contribution >= 4 is 12.1 Å². The SMILES string of the molecule is C=CCOC(=O)N1CCC2(CCC(C(=O)O)O2)CC1. The number of carboxylic acid groups (broad SMARTS) is 1. The van der Waals surface area contributed by atoms with E-state index in [1.54, 1.807) is 4.90 Å². The van der Waals surface area contributed by atoms with Crippen LogP contribution in [0.1, 0.15) is 25.7 Å². The Morgan fingerprint density at radius 2 is 2.11 bits per heavy atom. The molecular weight excluding hydrogens is 250 g/mol. The first-order valence-corrected chi connectivity index (χ1v) is 6.49. The largest absolute Gasteiger partial charge is 0.479 e. The van der Waals surface area contributed by atoms with Crippen molar-refractivity contribution in [2.75, 3.05) is 19.7 Å². The lowest BCUT2D eigenvalue weighted by Crippen LogP contribution is -2.47. The van der Waals surface area contributed by atoms with Crippen LogP contribution in [0.25, 0.3) is 0 Å². The van der Waals surface area contributed by atoms with E-state index >= 15 is 0 Å². The predicted octanol–water partition coefficient (Wildman–Crippen LogP) is 1.41. The molecule has 2 aliphatic heterocycles. The Balaban J connectivity index is 1.84. The van der Waals surface area contributed by atoms with Gasteiger partial charge in [0, 0.05) is 13.1 Å². The maximum Gasteiger partial charge on any atom is 0.410 e. The molecule has 2 aliphatic rings. The standard InChI is InChI=1S/C13H19NO5/c1-2-9-18-12(17)14-7-5-13(6-8-14)4-3-10(19-13)11(15)16/h2,10H,1,3-9H2,(H,15,16). The number of carbonyl (C=O) groups is 2. The Morgan fingerprint density at radius 1 is 1.42 bits per heavy atom. The van der Waals surface area contributed by atoms with E-state index < -0.39 is 12.1 Å². The number of carboxylic acids is 1. The minimum absolute atomic E-state index is 0.206. The first kappa shape index (κ1) is 13.9. The molecule has 1 spiro atoms. The van der Waals surface area contributed by atoms with Crippen LogP contribution >= 0.6 is 0 Å². The summed E-state index contributed by atoms with van der Waals surface area (Å²) in [6.45, 7) is 4.78. The second-order valence-corrected chi connectivity index (χ2v) is 5.02. The minimum atomic E-state index is -0.898. The van der Waals surface area contributed by atoms with Crippen LogP contribution in [0.2, 0.25) is 0 Å². The Morgan fingerprint density at radius 3 is 2.63 bits per heavy atom. The third-order valence-electron chi connectivity index (χ3n) is 3.79. The molecule has 2 saturated heterocycles. The third kappa shape index (κ3) is 3.07. The molecule has 0 aromatic carbocycles. The van der Waals surface area contributed by atoms with Crippen molar-refractivity contribution in [2.45, 2.75) is 37.4 Å². The molecule has 106 valence electrons. The maximum atomic E-state index is 11.7. The molecule has 1 unspecified atom stereocenters. The molecule has 0 radical (unpaired) electrons. The fraction of sp³-hybridized carbons (Fsp3) is 0.692. The zero-order valence-electron chi connectivity index (χ0n) is 10.8. The van der Waals surface area contributed by atoms with Crippen molar-refractivity contribution in [1.29, 1.82) is 0 Å². The molecule has 6 heteroatoms. The monoisotopic (exact) mass is 269 g/mol. The van der Waals surface area contributed by atoms with Crippen molar-refractivity contribution in [1.82, 2.24) is 4.90 Å². The number of aliphatic carboxylic acids is 1. The highest BCUT2D eigenvalue weighted by Gasteiger charge is 2.45. The summed E-state index contributed by atoms with van der Waals surface area (Å²) in [4.78, 5) is 24.2. The van der Waals surface area contributed by atoms with Crippen LogP contribution in [-0.4, -0.2) is 53.5 Å². The van der Waals surface area contributed by atoms with E-state index in [9.17, 15) is 9.59 Å². The Bertz CT molecular complexity index is 373. The minimum Gasteiger partial charge on any atom is -0.479 e. The number of rotatable bonds is 3. The van der Waals surface area contributed by atoms with Crippen LogP contribution < -0.4 is 0 Å². The van der Waals surface area contributed by atoms with Crippen LogP contribution in [0, 0.1) is 0 Å². The second-order valence-electron chi connectivity index (χ2n) is 5.02. The second kappa shape index (κ2) is 5.61. The molecule has 0 aliphatic carbocycles. The van der Waals surface area contributed by atoms with E-state index in [-0.39, 0.29) is 18.3 Å². The van der Waals surface area contributed by atoms with Gasteiger partial charge in [0.05, 0.1) is 5.60 Å². The Kier molecular flexibility index (Phi) is 4.09. The summed E-state index contributed by atoms with van der Waals surface area (Å²) in [5, 5.41) is 8.95. The van der Waals surface area contributed by atoms with E-state index in [1.807, 2.05) is 0 Å². The van der Waals surface area contributed by atoms with E-state index in [2.05, 4.69) is 6.58 Å². The number of piperidine rings is 1. The summed E-state index contributed by atoms with van der Waals surface area (Å²) >= 11 is 0. The molecule has 1 atom stereocenters. The molecular formula is C13H19NO5. The number of amides is 1. The van der Waals surface area contributed by atoms with Crippen LogP contribution in [0.15, 0.2) is 12.7 Å². The summed E-state index contributed by atoms with van der Waals surface area (Å²) in [5.41, 5.74) is -0.363. The molecule has 19 heavy (non-hydrogen) atoms. The number of carbonyl (C=O) groups excluding carboxylic acids is 1. The molecule has 0 aromatic heterocycles. The summed E-state index contributed by atoms with van der Waals surface area (Å²) in [5.74, 6) is -0.898. The van der Waals surface area contributed by atoms with Gasteiger partial charge in [-0.1, -0.05) is 12.7 Å². The molecule has 1 N–H and O–H groups in total. The van der Waals surface area contributed by atoms with Gasteiger partial charge in [0.1, 0.15) is 6.61 Å². The number of hydrogen-bond acceptors (Lipinski definition) is 4. The number of nitrogens with zero attached hydrogens (tertiary/aromatic N) is 1. The van der Waals surface area contributed by atoms with Gasteiger partial charge in [-0.3, -0.25) is 0 Å². The molecule has 2 fully saturated rings. The smallest absolute Gasteiger partial charge is 0.410 e. The van der Waals surface area contributed by atoms with Crippen LogP contribution in [0.3, 0.4) is 0 Å². The lowest BCUT2D eigenvalue weighted by molar-refractivity contribution is -0.157. The highest BCUT2D eigenvalue weighted by Crippen LogP contribution is 2.38. The molecule has 0 bridgehead atoms. The quantitative estimate of drug-likeness (QED) is 0.784. The van der Waals surface area contributed by atoms with Crippen molar-refractivity contribution < 1.29 is 24.2 Å². The van der Waals surface area contributed by atoms with Crippen molar-refractivity contribution in [3.8, 4) is 0 Å². The first-order chi connectivity index (χ1) is 9.06. The fourth-order valence-corrected chi connectivity index (χ4v) is 2.67. The van der Waals surface area contributed by atoms with Gasteiger partial charge in [-0.25, -0.2) is 9.59 Å². The molecule has 2 rings (SSSR count). The number of hydrogen-bond donors (Lipinski definition) is 1. The highest BCUT2D eigenvalue weighted by atomic mass is 16.6. The van der Waals surface area contributed by atoms with Crippen LogP contribution in [0.5, 0.6) is 0 Å². The molecule has 2 heterocycles.